The molecule has 2 saturated heterocycles. The Morgan fingerprint density at radius 3 is 2.46 bits per heavy atom. The van der Waals surface area contributed by atoms with E-state index in [4.69, 9.17) is 0 Å². The third kappa shape index (κ3) is 5.78. The van der Waals surface area contributed by atoms with E-state index >= 15 is 0 Å². The van der Waals surface area contributed by atoms with Crippen molar-refractivity contribution in [2.75, 3.05) is 60.6 Å². The van der Waals surface area contributed by atoms with Crippen LogP contribution in [0.3, 0.4) is 0 Å². The van der Waals surface area contributed by atoms with Gasteiger partial charge in [0.1, 0.15) is 11.6 Å². The van der Waals surface area contributed by atoms with Gasteiger partial charge in [-0.25, -0.2) is 22.8 Å². The standard InChI is InChI=1S/C27H36FN7O3S/c1-18(2)19-5-6-22(33-11-13-35(14-12-33)39(4,37)38)21-16-30-25(15-20(19)21)31-24-7-9-29-26(32-24)34-10-8-23(36)27(3,28)17-34/h5-7,9,15-16,18,23,36H,8,10-14,17H2,1-4H3,(H,29,30,31,32)/t23-,27+/m1/s1. The first-order chi connectivity index (χ1) is 18.4. The summed E-state index contributed by atoms with van der Waals surface area (Å²) in [5, 5.41) is 15.3. The van der Waals surface area contributed by atoms with Crippen molar-refractivity contribution >= 4 is 44.1 Å². The van der Waals surface area contributed by atoms with Crippen LogP contribution >= 0.6 is 0 Å². The first-order valence-electron chi connectivity index (χ1n) is 13.3. The molecule has 4 heterocycles. The summed E-state index contributed by atoms with van der Waals surface area (Å²) in [4.78, 5) is 17.6. The molecule has 0 radical (unpaired) electrons. The molecule has 0 aliphatic carbocycles. The Balaban J connectivity index is 1.41. The van der Waals surface area contributed by atoms with Crippen molar-refractivity contribution < 1.29 is 17.9 Å². The van der Waals surface area contributed by atoms with E-state index in [-0.39, 0.29) is 12.5 Å². The Hall–Kier alpha value is -3.09. The average molecular weight is 558 g/mol. The monoisotopic (exact) mass is 557 g/mol. The van der Waals surface area contributed by atoms with Gasteiger partial charge < -0.3 is 20.2 Å². The highest BCUT2D eigenvalue weighted by atomic mass is 32.2. The predicted octanol–water partition coefficient (Wildman–Crippen LogP) is 3.27. The lowest BCUT2D eigenvalue weighted by Crippen LogP contribution is -2.52. The Labute approximate surface area is 228 Å². The number of fused-ring (bicyclic) bond motifs is 1. The lowest BCUT2D eigenvalue weighted by atomic mass is 9.94. The van der Waals surface area contributed by atoms with Gasteiger partial charge in [-0.3, -0.25) is 0 Å². The van der Waals surface area contributed by atoms with E-state index in [0.717, 1.165) is 16.5 Å². The van der Waals surface area contributed by atoms with Gasteiger partial charge >= 0.3 is 0 Å². The molecule has 2 aromatic heterocycles. The van der Waals surface area contributed by atoms with Gasteiger partial charge in [0.15, 0.2) is 5.67 Å². The number of anilines is 4. The number of nitrogens with one attached hydrogen (secondary N) is 1. The van der Waals surface area contributed by atoms with Gasteiger partial charge in [0.2, 0.25) is 16.0 Å². The summed E-state index contributed by atoms with van der Waals surface area (Å²) < 4.78 is 40.2. The van der Waals surface area contributed by atoms with Crippen LogP contribution in [-0.4, -0.2) is 90.1 Å². The summed E-state index contributed by atoms with van der Waals surface area (Å²) in [7, 11) is -3.20. The molecule has 0 unspecified atom stereocenters. The van der Waals surface area contributed by atoms with E-state index in [1.54, 1.807) is 17.2 Å². The molecule has 2 fully saturated rings. The molecule has 2 aliphatic heterocycles. The molecule has 2 atom stereocenters. The lowest BCUT2D eigenvalue weighted by molar-refractivity contribution is -0.00860. The van der Waals surface area contributed by atoms with Crippen LogP contribution in [-0.2, 0) is 10.0 Å². The van der Waals surface area contributed by atoms with Gasteiger partial charge in [0, 0.05) is 56.2 Å². The first kappa shape index (κ1) is 27.5. The van der Waals surface area contributed by atoms with Crippen LogP contribution in [0.5, 0.6) is 0 Å². The molecule has 0 bridgehead atoms. The maximum Gasteiger partial charge on any atom is 0.227 e. The van der Waals surface area contributed by atoms with Gasteiger partial charge in [0.25, 0.3) is 0 Å². The molecule has 10 nitrogen and oxygen atoms in total. The van der Waals surface area contributed by atoms with E-state index in [0.29, 0.717) is 56.7 Å². The molecule has 0 spiro atoms. The predicted molar refractivity (Wildman–Crippen MR) is 152 cm³/mol. The molecular weight excluding hydrogens is 521 g/mol. The number of piperazine rings is 1. The number of nitrogens with zero attached hydrogens (tertiary/aromatic N) is 6. The molecule has 2 aliphatic rings. The number of halogens is 1. The fourth-order valence-corrected chi connectivity index (χ4v) is 6.19. The van der Waals surface area contributed by atoms with Crippen molar-refractivity contribution in [3.05, 3.63) is 42.2 Å². The van der Waals surface area contributed by atoms with Crippen LogP contribution < -0.4 is 15.1 Å². The molecule has 3 aromatic rings. The number of rotatable bonds is 6. The number of alkyl halides is 1. The second-order valence-electron chi connectivity index (χ2n) is 11.0. The Bertz CT molecular complexity index is 1460. The molecule has 12 heteroatoms. The number of aliphatic hydroxyl groups excluding tert-OH is 1. The van der Waals surface area contributed by atoms with E-state index in [9.17, 15) is 17.9 Å². The highest BCUT2D eigenvalue weighted by Gasteiger charge is 2.39. The quantitative estimate of drug-likeness (QED) is 0.471. The van der Waals surface area contributed by atoms with Gasteiger partial charge in [-0.1, -0.05) is 19.9 Å². The van der Waals surface area contributed by atoms with Gasteiger partial charge in [0.05, 0.1) is 18.9 Å². The minimum atomic E-state index is -3.20. The van der Waals surface area contributed by atoms with Gasteiger partial charge in [-0.15, -0.1) is 0 Å². The smallest absolute Gasteiger partial charge is 0.227 e. The molecule has 39 heavy (non-hydrogen) atoms. The highest BCUT2D eigenvalue weighted by molar-refractivity contribution is 7.88. The van der Waals surface area contributed by atoms with Crippen LogP contribution in [0.15, 0.2) is 36.7 Å². The van der Waals surface area contributed by atoms with Gasteiger partial charge in [-0.2, -0.15) is 9.29 Å². The summed E-state index contributed by atoms with van der Waals surface area (Å²) in [6.07, 6.45) is 4.04. The Kier molecular flexibility index (Phi) is 7.38. The largest absolute Gasteiger partial charge is 0.390 e. The maximum absolute atomic E-state index is 14.7. The number of sulfonamides is 1. The summed E-state index contributed by atoms with van der Waals surface area (Å²) in [5.74, 6) is 1.85. The zero-order valence-electron chi connectivity index (χ0n) is 22.8. The zero-order valence-corrected chi connectivity index (χ0v) is 23.6. The van der Waals surface area contributed by atoms with Crippen molar-refractivity contribution in [3.8, 4) is 0 Å². The number of hydrogen-bond acceptors (Lipinski definition) is 9. The van der Waals surface area contributed by atoms with Crippen molar-refractivity contribution in [3.63, 3.8) is 0 Å². The van der Waals surface area contributed by atoms with Crippen LogP contribution in [0.1, 0.15) is 38.7 Å². The van der Waals surface area contributed by atoms with Crippen LogP contribution in [0, 0.1) is 0 Å². The number of piperidine rings is 1. The summed E-state index contributed by atoms with van der Waals surface area (Å²) >= 11 is 0. The normalized spacial score (nSPS) is 23.0. The minimum Gasteiger partial charge on any atom is -0.390 e. The fourth-order valence-electron chi connectivity index (χ4n) is 5.36. The van der Waals surface area contributed by atoms with E-state index in [1.807, 2.05) is 12.3 Å². The number of hydrogen-bond donors (Lipinski definition) is 2. The molecule has 0 amide bonds. The molecule has 210 valence electrons. The lowest BCUT2D eigenvalue weighted by Gasteiger charge is -2.38. The van der Waals surface area contributed by atoms with E-state index in [1.165, 1.54) is 23.0 Å². The second kappa shape index (κ2) is 10.5. The van der Waals surface area contributed by atoms with E-state index < -0.39 is 21.8 Å². The van der Waals surface area contributed by atoms with Crippen LogP contribution in [0.2, 0.25) is 0 Å². The fraction of sp³-hybridized carbons (Fsp3) is 0.519. The molecule has 2 N–H and O–H groups in total. The number of aromatic nitrogens is 3. The van der Waals surface area contributed by atoms with Crippen molar-refractivity contribution in [1.82, 2.24) is 19.3 Å². The minimum absolute atomic E-state index is 0.0187. The molecular formula is C27H36FN7O3S. The maximum atomic E-state index is 14.7. The van der Waals surface area contributed by atoms with E-state index in [2.05, 4.69) is 51.1 Å². The third-order valence-corrected chi connectivity index (χ3v) is 8.93. The molecule has 1 aromatic carbocycles. The highest BCUT2D eigenvalue weighted by Crippen LogP contribution is 2.35. The average Bonchev–Trinajstić information content (AvgIpc) is 2.89. The zero-order chi connectivity index (χ0) is 27.9. The van der Waals surface area contributed by atoms with Gasteiger partial charge in [-0.05, 0) is 48.4 Å². The van der Waals surface area contributed by atoms with Crippen molar-refractivity contribution in [2.24, 2.45) is 0 Å². The molecule has 5 rings (SSSR count). The summed E-state index contributed by atoms with van der Waals surface area (Å²) in [5.41, 5.74) is 0.492. The molecule has 0 saturated carbocycles. The number of aliphatic hydroxyl groups is 1. The van der Waals surface area contributed by atoms with Crippen LogP contribution in [0.4, 0.5) is 27.7 Å². The third-order valence-electron chi connectivity index (χ3n) is 7.63. The summed E-state index contributed by atoms with van der Waals surface area (Å²) in [6.45, 7) is 8.31. The Morgan fingerprint density at radius 1 is 1.05 bits per heavy atom. The van der Waals surface area contributed by atoms with Crippen LogP contribution in [0.25, 0.3) is 10.8 Å². The van der Waals surface area contributed by atoms with Crippen molar-refractivity contribution in [2.45, 2.75) is 44.9 Å². The SMILES string of the molecule is CC(C)c1ccc(N2CCN(S(C)(=O)=O)CC2)c2cnc(Nc3ccnc(N4CC[C@@H](O)[C@@](C)(F)C4)n3)cc12. The first-order valence-corrected chi connectivity index (χ1v) is 15.1. The number of pyridine rings is 1. The topological polar surface area (TPSA) is 115 Å². The second-order valence-corrected chi connectivity index (χ2v) is 12.9. The number of benzene rings is 1. The summed E-state index contributed by atoms with van der Waals surface area (Å²) in [6, 6.07) is 7.99. The van der Waals surface area contributed by atoms with Crippen molar-refractivity contribution in [1.29, 1.82) is 0 Å². The Morgan fingerprint density at radius 2 is 1.79 bits per heavy atom.